The number of aryl methyl sites for hydroxylation is 1. The molecule has 0 saturated heterocycles. The Balaban J connectivity index is 1.37. The monoisotopic (exact) mass is 662 g/mol. The van der Waals surface area contributed by atoms with Crippen molar-refractivity contribution in [3.05, 3.63) is 61.7 Å². The Kier molecular flexibility index (Phi) is 9.41. The Hall–Kier alpha value is -4.16. The first-order valence-electron chi connectivity index (χ1n) is 17.0. The number of esters is 1. The van der Waals surface area contributed by atoms with Gasteiger partial charge < -0.3 is 29.7 Å². The molecule has 0 unspecified atom stereocenters. The molecule has 3 aliphatic rings. The van der Waals surface area contributed by atoms with Crippen LogP contribution >= 0.6 is 0 Å². The summed E-state index contributed by atoms with van der Waals surface area (Å²) in [6, 6.07) is 2.45. The summed E-state index contributed by atoms with van der Waals surface area (Å²) in [4.78, 5) is 59.3. The molecule has 2 aliphatic heterocycles. The molecule has 0 radical (unpaired) electrons. The fourth-order valence-electron chi connectivity index (χ4n) is 7.56. The SMILES string of the molecule is CCCCCCCC(=O)N(CCO)CC(=O)N[C@H]1CCc2c(C)c(F)cc3nc4c(c1c23)Cn1c-4cc2c(c1=O)COC(=O)[C@]2(O)CC. The number of ether oxygens (including phenoxy) is 1. The smallest absolute Gasteiger partial charge is 0.343 e. The molecule has 256 valence electrons. The molecule has 12 heteroatoms. The van der Waals surface area contributed by atoms with Crippen LogP contribution in [0, 0.1) is 12.7 Å². The molecule has 1 aliphatic carbocycles. The Morgan fingerprint density at radius 1 is 1.15 bits per heavy atom. The molecule has 4 heterocycles. The lowest BCUT2D eigenvalue weighted by molar-refractivity contribution is -0.172. The molecule has 0 saturated carbocycles. The minimum atomic E-state index is -1.99. The molecule has 3 N–H and O–H groups in total. The zero-order valence-corrected chi connectivity index (χ0v) is 27.8. The van der Waals surface area contributed by atoms with Gasteiger partial charge in [-0.15, -0.1) is 0 Å². The summed E-state index contributed by atoms with van der Waals surface area (Å²) in [5.74, 6) is -1.80. The van der Waals surface area contributed by atoms with E-state index in [-0.39, 0.29) is 62.2 Å². The highest BCUT2D eigenvalue weighted by molar-refractivity contribution is 5.94. The van der Waals surface area contributed by atoms with Gasteiger partial charge in [0.2, 0.25) is 11.8 Å². The molecule has 0 bridgehead atoms. The number of aliphatic hydroxyl groups excluding tert-OH is 1. The quantitative estimate of drug-likeness (QED) is 0.153. The van der Waals surface area contributed by atoms with Crippen LogP contribution in [0.1, 0.15) is 105 Å². The predicted molar refractivity (Wildman–Crippen MR) is 175 cm³/mol. The summed E-state index contributed by atoms with van der Waals surface area (Å²) in [7, 11) is 0. The number of rotatable bonds is 12. The number of benzene rings is 1. The number of carbonyl (C=O) groups is 3. The lowest BCUT2D eigenvalue weighted by Gasteiger charge is -2.31. The summed E-state index contributed by atoms with van der Waals surface area (Å²) >= 11 is 0. The van der Waals surface area contributed by atoms with Crippen LogP contribution in [0.15, 0.2) is 16.9 Å². The van der Waals surface area contributed by atoms with E-state index >= 15 is 4.39 Å². The fourth-order valence-corrected chi connectivity index (χ4v) is 7.56. The zero-order valence-electron chi connectivity index (χ0n) is 27.8. The number of fused-ring (bicyclic) bond motifs is 5. The molecule has 11 nitrogen and oxygen atoms in total. The number of cyclic esters (lactones) is 1. The second-order valence-corrected chi connectivity index (χ2v) is 13.2. The predicted octanol–water partition coefficient (Wildman–Crippen LogP) is 3.81. The van der Waals surface area contributed by atoms with Gasteiger partial charge in [-0.3, -0.25) is 14.4 Å². The van der Waals surface area contributed by atoms with Crippen molar-refractivity contribution >= 4 is 28.7 Å². The minimum absolute atomic E-state index is 0.00158. The number of amides is 2. The van der Waals surface area contributed by atoms with E-state index in [1.165, 1.54) is 15.5 Å². The van der Waals surface area contributed by atoms with Gasteiger partial charge in [-0.25, -0.2) is 14.2 Å². The van der Waals surface area contributed by atoms with Gasteiger partial charge in [0.05, 0.1) is 48.2 Å². The van der Waals surface area contributed by atoms with Crippen LogP contribution < -0.4 is 10.9 Å². The van der Waals surface area contributed by atoms with Gasteiger partial charge in [0, 0.05) is 35.5 Å². The lowest BCUT2D eigenvalue weighted by Crippen LogP contribution is -2.44. The maximum Gasteiger partial charge on any atom is 0.343 e. The maximum atomic E-state index is 15.2. The highest BCUT2D eigenvalue weighted by Crippen LogP contribution is 2.46. The molecule has 2 atom stereocenters. The van der Waals surface area contributed by atoms with Gasteiger partial charge in [-0.2, -0.15) is 0 Å². The van der Waals surface area contributed by atoms with Crippen LogP contribution in [-0.2, 0) is 44.3 Å². The number of hydrogen-bond acceptors (Lipinski definition) is 8. The number of aliphatic hydroxyl groups is 2. The van der Waals surface area contributed by atoms with Crippen LogP contribution in [0.25, 0.3) is 22.3 Å². The third kappa shape index (κ3) is 5.68. The number of nitrogens with one attached hydrogen (secondary N) is 1. The van der Waals surface area contributed by atoms with Crippen LogP contribution in [0.2, 0.25) is 0 Å². The summed E-state index contributed by atoms with van der Waals surface area (Å²) in [6.45, 7) is 4.90. The van der Waals surface area contributed by atoms with Crippen molar-refractivity contribution in [2.75, 3.05) is 19.7 Å². The van der Waals surface area contributed by atoms with E-state index in [2.05, 4.69) is 12.2 Å². The van der Waals surface area contributed by atoms with E-state index in [4.69, 9.17) is 9.72 Å². The van der Waals surface area contributed by atoms with Crippen molar-refractivity contribution in [2.45, 2.75) is 103 Å². The molecule has 6 rings (SSSR count). The summed E-state index contributed by atoms with van der Waals surface area (Å²) in [5, 5.41) is 24.8. The van der Waals surface area contributed by atoms with Crippen LogP contribution in [-0.4, -0.2) is 62.1 Å². The Morgan fingerprint density at radius 2 is 1.92 bits per heavy atom. The topological polar surface area (TPSA) is 151 Å². The van der Waals surface area contributed by atoms with E-state index in [0.29, 0.717) is 47.3 Å². The van der Waals surface area contributed by atoms with Gasteiger partial charge >= 0.3 is 5.97 Å². The van der Waals surface area contributed by atoms with E-state index in [1.807, 2.05) is 0 Å². The number of hydrogen-bond donors (Lipinski definition) is 3. The number of aromatic nitrogens is 2. The zero-order chi connectivity index (χ0) is 34.3. The molecular weight excluding hydrogens is 619 g/mol. The average Bonchev–Trinajstić information content (AvgIpc) is 3.44. The van der Waals surface area contributed by atoms with E-state index in [9.17, 15) is 29.4 Å². The molecular formula is C36H43FN4O7. The first-order chi connectivity index (χ1) is 23.0. The van der Waals surface area contributed by atoms with Crippen molar-refractivity contribution in [3.8, 4) is 11.4 Å². The number of halogens is 1. The van der Waals surface area contributed by atoms with Gasteiger partial charge in [-0.05, 0) is 55.4 Å². The number of nitrogens with zero attached hydrogens (tertiary/aromatic N) is 3. The lowest BCUT2D eigenvalue weighted by atomic mass is 9.81. The third-order valence-electron chi connectivity index (χ3n) is 10.3. The maximum absolute atomic E-state index is 15.2. The molecule has 2 aromatic heterocycles. The Labute approximate surface area is 278 Å². The van der Waals surface area contributed by atoms with Gasteiger partial charge in [0.1, 0.15) is 12.4 Å². The molecule has 0 fully saturated rings. The van der Waals surface area contributed by atoms with E-state index in [0.717, 1.165) is 48.6 Å². The van der Waals surface area contributed by atoms with Crippen LogP contribution in [0.4, 0.5) is 4.39 Å². The van der Waals surface area contributed by atoms with Crippen molar-refractivity contribution in [1.29, 1.82) is 0 Å². The summed E-state index contributed by atoms with van der Waals surface area (Å²) in [6.07, 6.45) is 6.15. The molecule has 1 aromatic carbocycles. The molecule has 48 heavy (non-hydrogen) atoms. The molecule has 2 amide bonds. The van der Waals surface area contributed by atoms with Crippen molar-refractivity contribution in [1.82, 2.24) is 19.8 Å². The summed E-state index contributed by atoms with van der Waals surface area (Å²) < 4.78 is 21.9. The van der Waals surface area contributed by atoms with Crippen LogP contribution in [0.3, 0.4) is 0 Å². The van der Waals surface area contributed by atoms with E-state index in [1.54, 1.807) is 19.9 Å². The second kappa shape index (κ2) is 13.4. The van der Waals surface area contributed by atoms with Crippen molar-refractivity contribution in [3.63, 3.8) is 0 Å². The number of unbranched alkanes of at least 4 members (excludes halogenated alkanes) is 4. The normalized spacial score (nSPS) is 19.0. The molecule has 3 aromatic rings. The van der Waals surface area contributed by atoms with Gasteiger partial charge in [0.25, 0.3) is 5.56 Å². The average molecular weight is 663 g/mol. The molecule has 0 spiro atoms. The van der Waals surface area contributed by atoms with E-state index < -0.39 is 29.0 Å². The number of carbonyl (C=O) groups excluding carboxylic acids is 3. The first kappa shape index (κ1) is 33.7. The van der Waals surface area contributed by atoms with Crippen molar-refractivity contribution < 1.29 is 33.7 Å². The fraction of sp³-hybridized carbons (Fsp3) is 0.528. The van der Waals surface area contributed by atoms with Gasteiger partial charge in [0.15, 0.2) is 5.60 Å². The Morgan fingerprint density at radius 3 is 2.65 bits per heavy atom. The third-order valence-corrected chi connectivity index (χ3v) is 10.3. The van der Waals surface area contributed by atoms with Crippen molar-refractivity contribution in [2.24, 2.45) is 0 Å². The summed E-state index contributed by atoms with van der Waals surface area (Å²) in [5.41, 5.74) is 1.90. The van der Waals surface area contributed by atoms with Crippen LogP contribution in [0.5, 0.6) is 0 Å². The van der Waals surface area contributed by atoms with Gasteiger partial charge in [-0.1, -0.05) is 39.5 Å². The Bertz CT molecular complexity index is 1870. The highest BCUT2D eigenvalue weighted by Gasteiger charge is 2.46. The second-order valence-electron chi connectivity index (χ2n) is 13.2. The highest BCUT2D eigenvalue weighted by atomic mass is 19.1. The number of pyridine rings is 2. The minimum Gasteiger partial charge on any atom is -0.458 e. The largest absolute Gasteiger partial charge is 0.458 e. The first-order valence-corrected chi connectivity index (χ1v) is 17.0. The standard InChI is InChI=1S/C36H43FN4O7/c1-4-6-7-8-9-10-30(44)40(13-14-42)18-29(43)38-26-12-11-21-20(3)25(37)16-27-31(21)32(26)22-17-41-28(33(22)39-27)15-24-23(34(41)45)19-48-35(46)36(24,47)5-2/h15-16,26,42,47H,4-14,17-19H2,1-3H3,(H,38,43)/t26-,36-/m0/s1.